The molecule has 1 spiro atoms. The van der Waals surface area contributed by atoms with Gasteiger partial charge in [-0.3, -0.25) is 0 Å². The quantitative estimate of drug-likeness (QED) is 0.427. The second kappa shape index (κ2) is 5.57. The maximum absolute atomic E-state index is 12.8. The Morgan fingerprint density at radius 2 is 1.46 bits per heavy atom. The predicted molar refractivity (Wildman–Crippen MR) is 97.1 cm³/mol. The van der Waals surface area contributed by atoms with Crippen molar-refractivity contribution in [2.75, 3.05) is 0 Å². The van der Waals surface area contributed by atoms with Crippen molar-refractivity contribution in [1.82, 2.24) is 0 Å². The highest BCUT2D eigenvalue weighted by Gasteiger charge is 2.54. The van der Waals surface area contributed by atoms with Gasteiger partial charge >= 0.3 is 5.97 Å². The van der Waals surface area contributed by atoms with Gasteiger partial charge in [0.15, 0.2) is 16.7 Å². The van der Waals surface area contributed by atoms with Gasteiger partial charge in [-0.2, -0.15) is 0 Å². The first-order valence-electron chi connectivity index (χ1n) is 8.24. The average molecular weight is 396 g/mol. The summed E-state index contributed by atoms with van der Waals surface area (Å²) in [5, 5.41) is 19.8. The van der Waals surface area contributed by atoms with E-state index in [1.54, 1.807) is 24.3 Å². The maximum Gasteiger partial charge on any atom is 0.341 e. The van der Waals surface area contributed by atoms with Crippen LogP contribution in [-0.2, 0) is 21.4 Å². The molecule has 0 aliphatic carbocycles. The van der Waals surface area contributed by atoms with Crippen molar-refractivity contribution in [3.05, 3.63) is 76.9 Å². The SMILES string of the molecule is O=C1OC2(c3ccc(O)cc3Oc3cc(O)ccc32)c2cccc(S(=O)O)c21. The molecule has 2 aliphatic rings. The smallest absolute Gasteiger partial charge is 0.341 e. The predicted octanol–water partition coefficient (Wildman–Crippen LogP) is 3.25. The number of benzene rings is 3. The number of aromatic hydroxyl groups is 2. The van der Waals surface area contributed by atoms with Crippen LogP contribution < -0.4 is 4.74 Å². The van der Waals surface area contributed by atoms with Gasteiger partial charge in [0.25, 0.3) is 0 Å². The number of hydrogen-bond donors (Lipinski definition) is 3. The van der Waals surface area contributed by atoms with E-state index in [4.69, 9.17) is 9.47 Å². The van der Waals surface area contributed by atoms with Gasteiger partial charge in [-0.15, -0.1) is 0 Å². The third-order valence-electron chi connectivity index (χ3n) is 4.95. The highest BCUT2D eigenvalue weighted by atomic mass is 32.2. The maximum atomic E-state index is 12.8. The van der Waals surface area contributed by atoms with Crippen molar-refractivity contribution in [3.8, 4) is 23.0 Å². The molecule has 1 unspecified atom stereocenters. The monoisotopic (exact) mass is 396 g/mol. The summed E-state index contributed by atoms with van der Waals surface area (Å²) in [5.41, 5.74) is -0.123. The summed E-state index contributed by atoms with van der Waals surface area (Å²) in [5.74, 6) is -0.351. The number of phenolic OH excluding ortho intramolecular Hbond substituents is 2. The number of carbonyl (C=O) groups excluding carboxylic acids is 1. The first-order valence-corrected chi connectivity index (χ1v) is 9.35. The number of ether oxygens (including phenoxy) is 2. The van der Waals surface area contributed by atoms with E-state index in [1.807, 2.05) is 0 Å². The van der Waals surface area contributed by atoms with E-state index in [2.05, 4.69) is 0 Å². The highest BCUT2D eigenvalue weighted by Crippen LogP contribution is 2.57. The summed E-state index contributed by atoms with van der Waals surface area (Å²) < 4.78 is 33.1. The second-order valence-corrected chi connectivity index (χ2v) is 7.40. The zero-order valence-corrected chi connectivity index (χ0v) is 14.9. The summed E-state index contributed by atoms with van der Waals surface area (Å²) >= 11 is -2.39. The van der Waals surface area contributed by atoms with Gasteiger partial charge in [-0.05, 0) is 30.3 Å². The zero-order valence-electron chi connectivity index (χ0n) is 14.1. The van der Waals surface area contributed by atoms with Gasteiger partial charge in [0, 0.05) is 28.8 Å². The van der Waals surface area contributed by atoms with Crippen molar-refractivity contribution in [1.29, 1.82) is 0 Å². The summed E-state index contributed by atoms with van der Waals surface area (Å²) in [4.78, 5) is 12.8. The van der Waals surface area contributed by atoms with Crippen LogP contribution in [0.2, 0.25) is 0 Å². The molecule has 0 radical (unpaired) electrons. The Bertz CT molecular complexity index is 1150. The fourth-order valence-corrected chi connectivity index (χ4v) is 4.42. The largest absolute Gasteiger partial charge is 0.508 e. The molecule has 7 nitrogen and oxygen atoms in total. The summed E-state index contributed by atoms with van der Waals surface area (Å²) in [6, 6.07) is 13.4. The van der Waals surface area contributed by atoms with E-state index in [9.17, 15) is 23.8 Å². The fraction of sp³-hybridized carbons (Fsp3) is 0.0500. The van der Waals surface area contributed by atoms with E-state index in [1.165, 1.54) is 30.3 Å². The molecule has 3 aromatic carbocycles. The van der Waals surface area contributed by atoms with Crippen molar-refractivity contribution in [2.45, 2.75) is 10.5 Å². The van der Waals surface area contributed by atoms with Crippen LogP contribution in [0.4, 0.5) is 0 Å². The molecule has 0 amide bonds. The summed E-state index contributed by atoms with van der Waals surface area (Å²) in [7, 11) is 0. The highest BCUT2D eigenvalue weighted by molar-refractivity contribution is 7.79. The average Bonchev–Trinajstić information content (AvgIpc) is 2.95. The lowest BCUT2D eigenvalue weighted by Crippen LogP contribution is -2.32. The molecule has 3 N–H and O–H groups in total. The molecule has 1 atom stereocenters. The molecule has 0 saturated carbocycles. The van der Waals surface area contributed by atoms with Crippen molar-refractivity contribution in [2.24, 2.45) is 0 Å². The molecular weight excluding hydrogens is 384 g/mol. The van der Waals surface area contributed by atoms with Crippen molar-refractivity contribution in [3.63, 3.8) is 0 Å². The molecule has 2 aliphatic heterocycles. The Morgan fingerprint density at radius 3 is 2.04 bits per heavy atom. The summed E-state index contributed by atoms with van der Waals surface area (Å²) in [6.45, 7) is 0. The Balaban J connectivity index is 1.91. The third kappa shape index (κ3) is 2.07. The molecule has 3 aromatic rings. The molecule has 140 valence electrons. The molecule has 0 bridgehead atoms. The molecule has 0 saturated heterocycles. The molecular formula is C20H12O7S. The number of hydrogen-bond acceptors (Lipinski definition) is 6. The lowest BCUT2D eigenvalue weighted by Gasteiger charge is -2.36. The van der Waals surface area contributed by atoms with Crippen LogP contribution in [-0.4, -0.2) is 24.9 Å². The molecule has 8 heteroatoms. The van der Waals surface area contributed by atoms with Crippen LogP contribution in [0.1, 0.15) is 27.0 Å². The van der Waals surface area contributed by atoms with Gasteiger partial charge in [-0.1, -0.05) is 12.1 Å². The minimum absolute atomic E-state index is 0.0169. The molecule has 5 rings (SSSR count). The van der Waals surface area contributed by atoms with Gasteiger partial charge in [0.1, 0.15) is 23.0 Å². The first-order chi connectivity index (χ1) is 13.4. The number of fused-ring (bicyclic) bond motifs is 6. The Kier molecular flexibility index (Phi) is 3.34. The van der Waals surface area contributed by atoms with Crippen molar-refractivity contribution >= 4 is 17.0 Å². The summed E-state index contributed by atoms with van der Waals surface area (Å²) in [6.07, 6.45) is 0. The van der Waals surface area contributed by atoms with Crippen LogP contribution >= 0.6 is 0 Å². The molecule has 2 heterocycles. The van der Waals surface area contributed by atoms with Crippen LogP contribution in [0.15, 0.2) is 59.5 Å². The lowest BCUT2D eigenvalue weighted by molar-refractivity contribution is 0.0222. The Labute approximate surface area is 161 Å². The standard InChI is InChI=1S/C20H12O7S/c21-10-4-6-12-15(8-10)26-16-9-11(22)5-7-13(16)20(12)14-2-1-3-17(28(24)25)18(14)19(23)27-20/h1-9,21-22H,(H,24,25). The van der Waals surface area contributed by atoms with E-state index in [0.29, 0.717) is 16.7 Å². The lowest BCUT2D eigenvalue weighted by atomic mass is 9.77. The molecule has 0 aromatic heterocycles. The normalized spacial score (nSPS) is 16.5. The second-order valence-electron chi connectivity index (χ2n) is 6.46. The number of carbonyl (C=O) groups is 1. The Morgan fingerprint density at radius 1 is 0.857 bits per heavy atom. The minimum atomic E-state index is -2.39. The number of phenols is 2. The van der Waals surface area contributed by atoms with E-state index < -0.39 is 22.7 Å². The zero-order chi connectivity index (χ0) is 19.6. The van der Waals surface area contributed by atoms with Crippen LogP contribution in [0.25, 0.3) is 0 Å². The van der Waals surface area contributed by atoms with Gasteiger partial charge in [0.2, 0.25) is 0 Å². The minimum Gasteiger partial charge on any atom is -0.508 e. The van der Waals surface area contributed by atoms with Crippen LogP contribution in [0, 0.1) is 0 Å². The topological polar surface area (TPSA) is 113 Å². The van der Waals surface area contributed by atoms with Crippen LogP contribution in [0.3, 0.4) is 0 Å². The van der Waals surface area contributed by atoms with Crippen LogP contribution in [0.5, 0.6) is 23.0 Å². The third-order valence-corrected chi connectivity index (χ3v) is 5.67. The van der Waals surface area contributed by atoms with Crippen molar-refractivity contribution < 1.29 is 33.2 Å². The van der Waals surface area contributed by atoms with E-state index in [-0.39, 0.29) is 33.5 Å². The molecule has 28 heavy (non-hydrogen) atoms. The van der Waals surface area contributed by atoms with Gasteiger partial charge in [0.05, 0.1) is 10.5 Å². The van der Waals surface area contributed by atoms with E-state index >= 15 is 0 Å². The first kappa shape index (κ1) is 16.8. The van der Waals surface area contributed by atoms with E-state index in [0.717, 1.165) is 0 Å². The molecule has 0 fully saturated rings. The number of rotatable bonds is 1. The number of esters is 1. The van der Waals surface area contributed by atoms with Gasteiger partial charge < -0.3 is 24.2 Å². The Hall–Kier alpha value is -3.36. The fourth-order valence-electron chi connectivity index (χ4n) is 3.86. The van der Waals surface area contributed by atoms with Gasteiger partial charge in [-0.25, -0.2) is 9.00 Å².